The van der Waals surface area contributed by atoms with Crippen molar-refractivity contribution in [2.45, 2.75) is 45.6 Å². The van der Waals surface area contributed by atoms with Crippen molar-refractivity contribution in [2.24, 2.45) is 5.10 Å². The lowest BCUT2D eigenvalue weighted by atomic mass is 9.92. The van der Waals surface area contributed by atoms with E-state index in [0.717, 1.165) is 19.3 Å². The summed E-state index contributed by atoms with van der Waals surface area (Å²) in [6, 6.07) is 0. The molecule has 1 heterocycles. The number of hydrogen-bond acceptors (Lipinski definition) is 3. The Hall–Kier alpha value is -0.570. The Balaban J connectivity index is 2.69. The molecule has 0 spiro atoms. The molecule has 1 aliphatic heterocycles. The van der Waals surface area contributed by atoms with Gasteiger partial charge < -0.3 is 5.11 Å². The molecule has 0 bridgehead atoms. The van der Waals surface area contributed by atoms with Crippen molar-refractivity contribution < 1.29 is 5.11 Å². The first-order chi connectivity index (χ1) is 6.16. The Bertz CT molecular complexity index is 203. The lowest BCUT2D eigenvalue weighted by molar-refractivity contribution is 0.102. The van der Waals surface area contributed by atoms with E-state index in [1.807, 2.05) is 5.01 Å². The van der Waals surface area contributed by atoms with Crippen molar-refractivity contribution in [3.63, 3.8) is 0 Å². The summed E-state index contributed by atoms with van der Waals surface area (Å²) in [6.45, 7) is 7.38. The number of hydrogen-bond donors (Lipinski definition) is 1. The first-order valence-corrected chi connectivity index (χ1v) is 5.11. The molecule has 0 fully saturated rings. The van der Waals surface area contributed by atoms with Gasteiger partial charge in [0, 0.05) is 12.1 Å². The van der Waals surface area contributed by atoms with Crippen LogP contribution in [0.3, 0.4) is 0 Å². The molecule has 0 aromatic carbocycles. The van der Waals surface area contributed by atoms with Gasteiger partial charge in [0.15, 0.2) is 0 Å². The van der Waals surface area contributed by atoms with Gasteiger partial charge in [0.2, 0.25) is 0 Å². The van der Waals surface area contributed by atoms with Gasteiger partial charge in [-0.3, -0.25) is 5.01 Å². The summed E-state index contributed by atoms with van der Waals surface area (Å²) < 4.78 is 0. The molecule has 0 aromatic rings. The molecule has 3 heteroatoms. The van der Waals surface area contributed by atoms with E-state index in [1.165, 1.54) is 5.71 Å². The highest BCUT2D eigenvalue weighted by Gasteiger charge is 2.35. The fourth-order valence-electron chi connectivity index (χ4n) is 1.78. The predicted octanol–water partition coefficient (Wildman–Crippen LogP) is 1.62. The van der Waals surface area contributed by atoms with Crippen molar-refractivity contribution >= 4 is 5.71 Å². The lowest BCUT2D eigenvalue weighted by Crippen LogP contribution is -2.40. The van der Waals surface area contributed by atoms with E-state index in [-0.39, 0.29) is 12.1 Å². The Morgan fingerprint density at radius 2 is 2.23 bits per heavy atom. The third kappa shape index (κ3) is 2.02. The molecule has 1 N–H and O–H groups in total. The molecular formula is C10H20N2O. The summed E-state index contributed by atoms with van der Waals surface area (Å²) in [7, 11) is 0. The molecule has 3 nitrogen and oxygen atoms in total. The van der Waals surface area contributed by atoms with Gasteiger partial charge in [-0.2, -0.15) is 5.10 Å². The topological polar surface area (TPSA) is 35.8 Å². The molecule has 0 aromatic heterocycles. The number of β-amino-alcohol motifs (C(OH)–C–C–N with tert-alkyl or cyclic N) is 1. The van der Waals surface area contributed by atoms with Crippen LogP contribution in [-0.2, 0) is 0 Å². The van der Waals surface area contributed by atoms with E-state index in [9.17, 15) is 0 Å². The normalized spacial score (nSPS) is 28.0. The highest BCUT2D eigenvalue weighted by atomic mass is 16.3. The summed E-state index contributed by atoms with van der Waals surface area (Å²) in [5.41, 5.74) is 1.41. The Morgan fingerprint density at radius 3 is 2.69 bits per heavy atom. The minimum absolute atomic E-state index is 0.147. The third-order valence-electron chi connectivity index (χ3n) is 2.95. The largest absolute Gasteiger partial charge is 0.394 e. The van der Waals surface area contributed by atoms with Crippen LogP contribution in [0.2, 0.25) is 0 Å². The third-order valence-corrected chi connectivity index (χ3v) is 2.95. The molecule has 0 saturated carbocycles. The smallest absolute Gasteiger partial charge is 0.0623 e. The van der Waals surface area contributed by atoms with E-state index in [2.05, 4.69) is 25.9 Å². The van der Waals surface area contributed by atoms with Gasteiger partial charge >= 0.3 is 0 Å². The molecule has 1 atom stereocenters. The van der Waals surface area contributed by atoms with Crippen molar-refractivity contribution in [1.29, 1.82) is 0 Å². The molecular weight excluding hydrogens is 164 g/mol. The van der Waals surface area contributed by atoms with E-state index >= 15 is 0 Å². The van der Waals surface area contributed by atoms with Gasteiger partial charge in [0.1, 0.15) is 0 Å². The molecule has 0 amide bonds. The highest BCUT2D eigenvalue weighted by molar-refractivity contribution is 5.86. The van der Waals surface area contributed by atoms with Crippen molar-refractivity contribution in [1.82, 2.24) is 5.01 Å². The maximum Gasteiger partial charge on any atom is 0.0623 e. The average molecular weight is 184 g/mol. The van der Waals surface area contributed by atoms with Crippen LogP contribution in [0, 0.1) is 0 Å². The minimum atomic E-state index is 0.147. The molecule has 1 rings (SSSR count). The zero-order valence-corrected chi connectivity index (χ0v) is 8.88. The summed E-state index contributed by atoms with van der Waals surface area (Å²) in [5, 5.41) is 15.5. The lowest BCUT2D eigenvalue weighted by Gasteiger charge is -2.32. The summed E-state index contributed by atoms with van der Waals surface area (Å²) in [5.74, 6) is 0. The Morgan fingerprint density at radius 1 is 1.54 bits per heavy atom. The molecule has 0 aliphatic carbocycles. The molecule has 13 heavy (non-hydrogen) atoms. The van der Waals surface area contributed by atoms with Gasteiger partial charge in [-0.15, -0.1) is 0 Å². The first kappa shape index (κ1) is 10.5. The maximum atomic E-state index is 8.90. The van der Waals surface area contributed by atoms with Crippen molar-refractivity contribution in [3.05, 3.63) is 0 Å². The maximum absolute atomic E-state index is 8.90. The second kappa shape index (κ2) is 4.09. The van der Waals surface area contributed by atoms with Gasteiger partial charge in [-0.05, 0) is 19.8 Å². The predicted molar refractivity (Wildman–Crippen MR) is 54.8 cm³/mol. The monoisotopic (exact) mass is 184 g/mol. The summed E-state index contributed by atoms with van der Waals surface area (Å²) in [6.07, 6.45) is 3.16. The standard InChI is InChI=1S/C10H20N2O/c1-4-9-8-10(3,5-2)12(11-9)6-7-13/h13H,4-8H2,1-3H3. The SMILES string of the molecule is CCC1=NN(CCO)C(C)(CC)C1. The quantitative estimate of drug-likeness (QED) is 0.720. The van der Waals surface area contributed by atoms with Crippen LogP contribution < -0.4 is 0 Å². The van der Waals surface area contributed by atoms with E-state index < -0.39 is 0 Å². The number of nitrogens with zero attached hydrogens (tertiary/aromatic N) is 2. The Kier molecular flexibility index (Phi) is 3.31. The van der Waals surface area contributed by atoms with E-state index in [0.29, 0.717) is 6.54 Å². The Labute approximate surface area is 80.4 Å². The van der Waals surface area contributed by atoms with Crippen LogP contribution in [0.5, 0.6) is 0 Å². The number of hydrazone groups is 1. The van der Waals surface area contributed by atoms with Gasteiger partial charge in [-0.1, -0.05) is 13.8 Å². The fraction of sp³-hybridized carbons (Fsp3) is 0.900. The molecule has 0 saturated heterocycles. The molecule has 1 aliphatic rings. The molecule has 76 valence electrons. The van der Waals surface area contributed by atoms with Gasteiger partial charge in [0.05, 0.1) is 18.7 Å². The van der Waals surface area contributed by atoms with Crippen LogP contribution in [0.15, 0.2) is 5.10 Å². The van der Waals surface area contributed by atoms with E-state index in [1.54, 1.807) is 0 Å². The first-order valence-electron chi connectivity index (χ1n) is 5.11. The summed E-state index contributed by atoms with van der Waals surface area (Å²) in [4.78, 5) is 0. The van der Waals surface area contributed by atoms with Crippen LogP contribution in [0.4, 0.5) is 0 Å². The van der Waals surface area contributed by atoms with Gasteiger partial charge in [0.25, 0.3) is 0 Å². The average Bonchev–Trinajstić information content (AvgIpc) is 2.45. The summed E-state index contributed by atoms with van der Waals surface area (Å²) >= 11 is 0. The number of aliphatic hydroxyl groups excluding tert-OH is 1. The second-order valence-electron chi connectivity index (χ2n) is 3.89. The zero-order valence-electron chi connectivity index (χ0n) is 8.88. The molecule has 0 radical (unpaired) electrons. The zero-order chi connectivity index (χ0) is 9.90. The van der Waals surface area contributed by atoms with Crippen LogP contribution in [0.25, 0.3) is 0 Å². The van der Waals surface area contributed by atoms with E-state index in [4.69, 9.17) is 5.11 Å². The minimum Gasteiger partial charge on any atom is -0.394 e. The highest BCUT2D eigenvalue weighted by Crippen LogP contribution is 2.30. The van der Waals surface area contributed by atoms with Crippen molar-refractivity contribution in [2.75, 3.05) is 13.2 Å². The molecule has 1 unspecified atom stereocenters. The van der Waals surface area contributed by atoms with Crippen LogP contribution in [0.1, 0.15) is 40.0 Å². The number of rotatable bonds is 4. The second-order valence-corrected chi connectivity index (χ2v) is 3.89. The number of aliphatic hydroxyl groups is 1. The van der Waals surface area contributed by atoms with Gasteiger partial charge in [-0.25, -0.2) is 0 Å². The van der Waals surface area contributed by atoms with Crippen LogP contribution >= 0.6 is 0 Å². The van der Waals surface area contributed by atoms with Crippen LogP contribution in [-0.4, -0.2) is 34.5 Å². The van der Waals surface area contributed by atoms with Crippen molar-refractivity contribution in [3.8, 4) is 0 Å². The fourth-order valence-corrected chi connectivity index (χ4v) is 1.78.